The van der Waals surface area contributed by atoms with Crippen LogP contribution in [0.1, 0.15) is 21.6 Å². The maximum absolute atomic E-state index is 13.8. The number of hydrogen-bond acceptors (Lipinski definition) is 6. The quantitative estimate of drug-likeness (QED) is 0.285. The zero-order chi connectivity index (χ0) is 26.3. The molecular formula is C28H21FN4O3S2. The van der Waals surface area contributed by atoms with Crippen molar-refractivity contribution in [3.05, 3.63) is 114 Å². The average molecular weight is 545 g/mol. The Morgan fingerprint density at radius 3 is 2.58 bits per heavy atom. The molecule has 0 radical (unpaired) electrons. The van der Waals surface area contributed by atoms with E-state index in [0.29, 0.717) is 45.3 Å². The van der Waals surface area contributed by atoms with Gasteiger partial charge in [0.2, 0.25) is 0 Å². The molecule has 0 N–H and O–H groups in total. The molecular weight excluding hydrogens is 523 g/mol. The van der Waals surface area contributed by atoms with Crippen molar-refractivity contribution in [2.75, 3.05) is 15.7 Å². The van der Waals surface area contributed by atoms with Crippen LogP contribution in [0.3, 0.4) is 0 Å². The van der Waals surface area contributed by atoms with Crippen LogP contribution in [0.5, 0.6) is 0 Å². The number of amides is 1. The molecule has 1 aliphatic rings. The van der Waals surface area contributed by atoms with Crippen LogP contribution in [0.4, 0.5) is 15.2 Å². The maximum Gasteiger partial charge on any atom is 0.264 e. The fourth-order valence-electron chi connectivity index (χ4n) is 4.49. The van der Waals surface area contributed by atoms with Crippen molar-refractivity contribution in [2.24, 2.45) is 0 Å². The summed E-state index contributed by atoms with van der Waals surface area (Å²) in [5.74, 6) is -0.752. The third kappa shape index (κ3) is 4.42. The summed E-state index contributed by atoms with van der Waals surface area (Å²) in [5.41, 5.74) is 3.20. The van der Waals surface area contributed by atoms with Crippen molar-refractivity contribution in [1.82, 2.24) is 9.97 Å². The number of para-hydroxylation sites is 1. The molecule has 3 aromatic carbocycles. The number of carbonyl (C=O) groups is 1. The SMILES string of the molecule is O=C(c1ccc(S(=O)(=O)N2CCc3ccccc32)cc1)N(Cc1ccccn1)c1nc2ccc(F)cc2s1. The van der Waals surface area contributed by atoms with E-state index in [4.69, 9.17) is 0 Å². The number of rotatable bonds is 6. The highest BCUT2D eigenvalue weighted by Crippen LogP contribution is 2.34. The van der Waals surface area contributed by atoms with Crippen molar-refractivity contribution in [1.29, 1.82) is 0 Å². The van der Waals surface area contributed by atoms with Crippen molar-refractivity contribution in [3.8, 4) is 0 Å². The second kappa shape index (κ2) is 9.62. The van der Waals surface area contributed by atoms with E-state index >= 15 is 0 Å². The number of carbonyl (C=O) groups excluding carboxylic acids is 1. The molecule has 1 aliphatic heterocycles. The van der Waals surface area contributed by atoms with Crippen molar-refractivity contribution in [3.63, 3.8) is 0 Å². The number of fused-ring (bicyclic) bond motifs is 2. The van der Waals surface area contributed by atoms with Gasteiger partial charge in [-0.2, -0.15) is 0 Å². The molecule has 5 aromatic rings. The monoisotopic (exact) mass is 544 g/mol. The fraction of sp³-hybridized carbons (Fsp3) is 0.107. The highest BCUT2D eigenvalue weighted by Gasteiger charge is 2.31. The van der Waals surface area contributed by atoms with Gasteiger partial charge >= 0.3 is 0 Å². The predicted molar refractivity (Wildman–Crippen MR) is 145 cm³/mol. The minimum absolute atomic E-state index is 0.109. The summed E-state index contributed by atoms with van der Waals surface area (Å²) >= 11 is 1.20. The molecule has 2 aromatic heterocycles. The molecule has 0 atom stereocenters. The van der Waals surface area contributed by atoms with E-state index < -0.39 is 10.0 Å². The Kier molecular flexibility index (Phi) is 6.13. The van der Waals surface area contributed by atoms with Gasteiger partial charge in [0.25, 0.3) is 15.9 Å². The summed E-state index contributed by atoms with van der Waals surface area (Å²) in [6, 6.07) is 23.1. The molecule has 0 unspecified atom stereocenters. The lowest BCUT2D eigenvalue weighted by Gasteiger charge is -2.21. The molecule has 10 heteroatoms. The molecule has 0 aliphatic carbocycles. The summed E-state index contributed by atoms with van der Waals surface area (Å²) in [4.78, 5) is 24.2. The average Bonchev–Trinajstić information content (AvgIpc) is 3.56. The minimum Gasteiger partial charge on any atom is -0.278 e. The number of thiazole rings is 1. The molecule has 38 heavy (non-hydrogen) atoms. The summed E-state index contributed by atoms with van der Waals surface area (Å²) in [5, 5.41) is 0.395. The fourth-order valence-corrected chi connectivity index (χ4v) is 6.98. The van der Waals surface area contributed by atoms with Crippen molar-refractivity contribution >= 4 is 48.3 Å². The number of aromatic nitrogens is 2. The van der Waals surface area contributed by atoms with E-state index in [9.17, 15) is 17.6 Å². The van der Waals surface area contributed by atoms with Crippen LogP contribution in [-0.2, 0) is 23.0 Å². The maximum atomic E-state index is 13.8. The Morgan fingerprint density at radius 1 is 1.00 bits per heavy atom. The Labute approximate surface area is 222 Å². The first-order valence-electron chi connectivity index (χ1n) is 11.9. The van der Waals surface area contributed by atoms with Crippen LogP contribution in [-0.4, -0.2) is 30.8 Å². The van der Waals surface area contributed by atoms with Gasteiger partial charge in [-0.15, -0.1) is 0 Å². The number of halogens is 1. The zero-order valence-corrected chi connectivity index (χ0v) is 21.6. The summed E-state index contributed by atoms with van der Waals surface area (Å²) in [6.07, 6.45) is 2.29. The van der Waals surface area contributed by atoms with Gasteiger partial charge in [0, 0.05) is 18.3 Å². The third-order valence-corrected chi connectivity index (χ3v) is 9.26. The topological polar surface area (TPSA) is 83.5 Å². The number of nitrogens with zero attached hydrogens (tertiary/aromatic N) is 4. The van der Waals surface area contributed by atoms with Gasteiger partial charge in [0.15, 0.2) is 5.13 Å². The minimum atomic E-state index is -3.78. The molecule has 6 rings (SSSR count). The number of pyridine rings is 1. The molecule has 7 nitrogen and oxygen atoms in total. The highest BCUT2D eigenvalue weighted by molar-refractivity contribution is 7.92. The number of anilines is 2. The lowest BCUT2D eigenvalue weighted by molar-refractivity contribution is 0.0984. The van der Waals surface area contributed by atoms with Crippen molar-refractivity contribution in [2.45, 2.75) is 17.9 Å². The van der Waals surface area contributed by atoms with Gasteiger partial charge in [-0.1, -0.05) is 35.6 Å². The van der Waals surface area contributed by atoms with Crippen LogP contribution in [0.2, 0.25) is 0 Å². The first kappa shape index (κ1) is 24.2. The van der Waals surface area contributed by atoms with Gasteiger partial charge in [0.05, 0.1) is 33.0 Å². The van der Waals surface area contributed by atoms with Crippen LogP contribution in [0, 0.1) is 5.82 Å². The molecule has 0 saturated heterocycles. The standard InChI is InChI=1S/C28H21FN4O3S2/c29-21-10-13-24-26(17-21)37-28(31-24)32(18-22-6-3-4-15-30-22)27(34)20-8-11-23(12-9-20)38(35,36)33-16-14-19-5-1-2-7-25(19)33/h1-13,15,17H,14,16,18H2. The molecule has 1 amide bonds. The Hall–Kier alpha value is -4.15. The van der Waals surface area contributed by atoms with E-state index in [0.717, 1.165) is 5.56 Å². The molecule has 0 spiro atoms. The van der Waals surface area contributed by atoms with Gasteiger partial charge in [0.1, 0.15) is 5.82 Å². The summed E-state index contributed by atoms with van der Waals surface area (Å²) in [7, 11) is -3.78. The molecule has 0 fully saturated rings. The van der Waals surface area contributed by atoms with Gasteiger partial charge < -0.3 is 0 Å². The Morgan fingerprint density at radius 2 is 1.79 bits per heavy atom. The van der Waals surface area contributed by atoms with Crippen LogP contribution >= 0.6 is 11.3 Å². The van der Waals surface area contributed by atoms with Crippen LogP contribution < -0.4 is 9.21 Å². The van der Waals surface area contributed by atoms with E-state index in [2.05, 4.69) is 9.97 Å². The highest BCUT2D eigenvalue weighted by atomic mass is 32.2. The second-order valence-electron chi connectivity index (χ2n) is 8.80. The lowest BCUT2D eigenvalue weighted by atomic mass is 10.2. The zero-order valence-electron chi connectivity index (χ0n) is 20.0. The number of sulfonamides is 1. The van der Waals surface area contributed by atoms with Crippen LogP contribution in [0.25, 0.3) is 10.2 Å². The van der Waals surface area contributed by atoms with E-state index in [1.54, 1.807) is 30.5 Å². The first-order chi connectivity index (χ1) is 18.4. The van der Waals surface area contributed by atoms with E-state index in [-0.39, 0.29) is 23.2 Å². The van der Waals surface area contributed by atoms with E-state index in [1.807, 2.05) is 24.3 Å². The summed E-state index contributed by atoms with van der Waals surface area (Å²) < 4.78 is 42.6. The van der Waals surface area contributed by atoms with Gasteiger partial charge in [-0.3, -0.25) is 19.0 Å². The van der Waals surface area contributed by atoms with E-state index in [1.165, 1.54) is 56.9 Å². The first-order valence-corrected chi connectivity index (χ1v) is 14.1. The molecule has 0 bridgehead atoms. The normalized spacial score (nSPS) is 13.0. The number of benzene rings is 3. The van der Waals surface area contributed by atoms with Gasteiger partial charge in [-0.25, -0.2) is 17.8 Å². The molecule has 190 valence electrons. The predicted octanol–water partition coefficient (Wildman–Crippen LogP) is 5.43. The molecule has 0 saturated carbocycles. The molecule has 3 heterocycles. The largest absolute Gasteiger partial charge is 0.278 e. The second-order valence-corrected chi connectivity index (χ2v) is 11.7. The van der Waals surface area contributed by atoms with Crippen molar-refractivity contribution < 1.29 is 17.6 Å². The van der Waals surface area contributed by atoms with Gasteiger partial charge in [-0.05, 0) is 72.6 Å². The number of hydrogen-bond donors (Lipinski definition) is 0. The summed E-state index contributed by atoms with van der Waals surface area (Å²) in [6.45, 7) is 0.519. The third-order valence-electron chi connectivity index (χ3n) is 6.40. The Bertz CT molecular complexity index is 1760. The smallest absolute Gasteiger partial charge is 0.264 e. The van der Waals surface area contributed by atoms with Crippen LogP contribution in [0.15, 0.2) is 96.0 Å². The lowest BCUT2D eigenvalue weighted by Crippen LogP contribution is -2.31. The Balaban J connectivity index is 1.32.